The predicted molar refractivity (Wildman–Crippen MR) is 102 cm³/mol. The zero-order valence-corrected chi connectivity index (χ0v) is 14.8. The van der Waals surface area contributed by atoms with Crippen molar-refractivity contribution in [2.45, 2.75) is 25.7 Å². The smallest absolute Gasteiger partial charge is 0.240 e. The van der Waals surface area contributed by atoms with Crippen LogP contribution in [0.2, 0.25) is 0 Å². The first kappa shape index (κ1) is 15.2. The highest BCUT2D eigenvalue weighted by atomic mass is 16.5. The Balaban J connectivity index is 1.52. The number of imide groups is 1. The minimum Gasteiger partial charge on any atom is -0.365 e. The largest absolute Gasteiger partial charge is 0.365 e. The van der Waals surface area contributed by atoms with Crippen molar-refractivity contribution in [3.63, 3.8) is 0 Å². The average Bonchev–Trinajstić information content (AvgIpc) is 3.43. The first-order valence-corrected chi connectivity index (χ1v) is 9.41. The van der Waals surface area contributed by atoms with Gasteiger partial charge in [0.2, 0.25) is 11.8 Å². The summed E-state index contributed by atoms with van der Waals surface area (Å²) in [5.41, 5.74) is 2.94. The summed E-state index contributed by atoms with van der Waals surface area (Å²) in [4.78, 5) is 27.4. The van der Waals surface area contributed by atoms with Crippen LogP contribution in [0.15, 0.2) is 54.6 Å². The van der Waals surface area contributed by atoms with Gasteiger partial charge in [0, 0.05) is 28.4 Å². The molecule has 0 spiro atoms. The van der Waals surface area contributed by atoms with Crippen LogP contribution in [-0.4, -0.2) is 28.6 Å². The number of carbonyl (C=O) groups excluding carboxylic acids is 2. The molecule has 0 N–H and O–H groups in total. The molecule has 5 heteroatoms. The number of benzene rings is 2. The van der Waals surface area contributed by atoms with Gasteiger partial charge in [0.25, 0.3) is 0 Å². The van der Waals surface area contributed by atoms with Crippen LogP contribution >= 0.6 is 0 Å². The molecule has 4 atom stereocenters. The van der Waals surface area contributed by atoms with Gasteiger partial charge in [-0.2, -0.15) is 0 Å². The summed E-state index contributed by atoms with van der Waals surface area (Å²) >= 11 is 0. The average molecular weight is 358 g/mol. The van der Waals surface area contributed by atoms with Crippen LogP contribution in [0.25, 0.3) is 21.8 Å². The minimum atomic E-state index is -0.375. The minimum absolute atomic E-state index is 0.138. The van der Waals surface area contributed by atoms with Crippen molar-refractivity contribution in [3.8, 4) is 0 Å². The van der Waals surface area contributed by atoms with E-state index >= 15 is 0 Å². The molecule has 4 heterocycles. The third-order valence-corrected chi connectivity index (χ3v) is 6.24. The van der Waals surface area contributed by atoms with E-state index in [1.54, 1.807) is 0 Å². The molecule has 2 aromatic carbocycles. The van der Waals surface area contributed by atoms with Crippen molar-refractivity contribution in [2.75, 3.05) is 4.90 Å². The number of para-hydroxylation sites is 1. The number of aryl methyl sites for hydroxylation is 1. The molecule has 2 fully saturated rings. The first-order chi connectivity index (χ1) is 13.2. The number of rotatable bonds is 2. The number of fused-ring (bicyclic) bond motifs is 8. The molecule has 27 heavy (non-hydrogen) atoms. The fourth-order valence-electron chi connectivity index (χ4n) is 5.08. The lowest BCUT2D eigenvalue weighted by molar-refractivity contribution is -0.124. The number of anilines is 1. The Kier molecular flexibility index (Phi) is 2.85. The summed E-state index contributed by atoms with van der Waals surface area (Å²) in [6, 6.07) is 14.1. The summed E-state index contributed by atoms with van der Waals surface area (Å²) < 4.78 is 7.99. The second-order valence-corrected chi connectivity index (χ2v) is 7.48. The second kappa shape index (κ2) is 5.08. The molecule has 4 unspecified atom stereocenters. The van der Waals surface area contributed by atoms with Crippen LogP contribution in [0.5, 0.6) is 0 Å². The number of ether oxygens (including phenoxy) is 1. The third kappa shape index (κ3) is 1.77. The van der Waals surface area contributed by atoms with Gasteiger partial charge < -0.3 is 9.30 Å². The standard InChI is InChI=1S/C22H18N2O3/c1-2-23-15-6-4-3-5-13(15)14-11-12(7-8-16(14)23)24-21(25)19-17-9-10-18(27-17)20(19)22(24)26/h3-11,17-20H,2H2,1H3. The number of amides is 2. The Hall–Kier alpha value is -2.92. The number of nitrogens with zero attached hydrogens (tertiary/aromatic N) is 2. The fourth-order valence-corrected chi connectivity index (χ4v) is 5.08. The number of hydrogen-bond acceptors (Lipinski definition) is 3. The summed E-state index contributed by atoms with van der Waals surface area (Å²) in [5, 5.41) is 2.21. The van der Waals surface area contributed by atoms with E-state index in [1.165, 1.54) is 10.4 Å². The van der Waals surface area contributed by atoms with Crippen molar-refractivity contribution in [3.05, 3.63) is 54.6 Å². The quantitative estimate of drug-likeness (QED) is 0.522. The van der Waals surface area contributed by atoms with Crippen molar-refractivity contribution >= 4 is 39.3 Å². The van der Waals surface area contributed by atoms with E-state index in [1.807, 2.05) is 42.5 Å². The van der Waals surface area contributed by atoms with Gasteiger partial charge in [0.05, 0.1) is 29.7 Å². The van der Waals surface area contributed by atoms with Gasteiger partial charge in [0.1, 0.15) is 0 Å². The van der Waals surface area contributed by atoms with E-state index in [2.05, 4.69) is 23.6 Å². The Morgan fingerprint density at radius 2 is 1.56 bits per heavy atom. The van der Waals surface area contributed by atoms with Gasteiger partial charge in [-0.1, -0.05) is 30.4 Å². The summed E-state index contributed by atoms with van der Waals surface area (Å²) in [6.07, 6.45) is 3.32. The van der Waals surface area contributed by atoms with Crippen molar-refractivity contribution in [1.29, 1.82) is 0 Å². The van der Waals surface area contributed by atoms with Crippen LogP contribution in [0.3, 0.4) is 0 Å². The molecular weight excluding hydrogens is 340 g/mol. The van der Waals surface area contributed by atoms with E-state index < -0.39 is 0 Å². The van der Waals surface area contributed by atoms with Gasteiger partial charge in [-0.25, -0.2) is 4.90 Å². The molecule has 134 valence electrons. The molecule has 0 aliphatic carbocycles. The highest BCUT2D eigenvalue weighted by molar-refractivity contribution is 6.24. The van der Waals surface area contributed by atoms with Gasteiger partial charge in [-0.05, 0) is 31.2 Å². The molecule has 2 saturated heterocycles. The van der Waals surface area contributed by atoms with Gasteiger partial charge >= 0.3 is 0 Å². The molecular formula is C22H18N2O3. The molecule has 3 aliphatic rings. The van der Waals surface area contributed by atoms with E-state index in [0.29, 0.717) is 5.69 Å². The maximum Gasteiger partial charge on any atom is 0.240 e. The summed E-state index contributed by atoms with van der Waals surface area (Å²) in [6.45, 7) is 2.98. The molecule has 6 rings (SSSR count). The highest BCUT2D eigenvalue weighted by Gasteiger charge is 2.61. The van der Waals surface area contributed by atoms with Gasteiger partial charge in [0.15, 0.2) is 0 Å². The van der Waals surface area contributed by atoms with E-state index in [4.69, 9.17) is 4.74 Å². The van der Waals surface area contributed by atoms with Crippen LogP contribution in [0.1, 0.15) is 6.92 Å². The molecule has 3 aromatic rings. The molecule has 0 saturated carbocycles. The molecule has 3 aliphatic heterocycles. The lowest BCUT2D eigenvalue weighted by Crippen LogP contribution is -2.34. The van der Waals surface area contributed by atoms with Crippen molar-refractivity contribution in [1.82, 2.24) is 4.57 Å². The molecule has 1 aromatic heterocycles. The maximum atomic E-state index is 13.0. The monoisotopic (exact) mass is 358 g/mol. The zero-order chi connectivity index (χ0) is 18.3. The number of carbonyl (C=O) groups is 2. The molecule has 2 bridgehead atoms. The summed E-state index contributed by atoms with van der Waals surface area (Å²) in [7, 11) is 0. The number of hydrogen-bond donors (Lipinski definition) is 0. The fraction of sp³-hybridized carbons (Fsp3) is 0.273. The van der Waals surface area contributed by atoms with Gasteiger partial charge in [-0.3, -0.25) is 9.59 Å². The van der Waals surface area contributed by atoms with Crippen LogP contribution < -0.4 is 4.90 Å². The highest BCUT2D eigenvalue weighted by Crippen LogP contribution is 2.46. The van der Waals surface area contributed by atoms with Crippen molar-refractivity contribution < 1.29 is 14.3 Å². The Bertz CT molecular complexity index is 1140. The SMILES string of the molecule is CCn1c2ccccc2c2cc(N3C(=O)C4C5C=CC(O5)C4C3=O)ccc21. The predicted octanol–water partition coefficient (Wildman–Crippen LogP) is 3.26. The van der Waals surface area contributed by atoms with E-state index in [9.17, 15) is 9.59 Å². The van der Waals surface area contributed by atoms with E-state index in [-0.39, 0.29) is 35.9 Å². The van der Waals surface area contributed by atoms with Crippen LogP contribution in [0, 0.1) is 11.8 Å². The summed E-state index contributed by atoms with van der Waals surface area (Å²) in [5.74, 6) is -1.03. The molecule has 0 radical (unpaired) electrons. The van der Waals surface area contributed by atoms with Crippen LogP contribution in [0.4, 0.5) is 5.69 Å². The Morgan fingerprint density at radius 1 is 0.889 bits per heavy atom. The molecule has 5 nitrogen and oxygen atoms in total. The lowest BCUT2D eigenvalue weighted by Gasteiger charge is -2.18. The maximum absolute atomic E-state index is 13.0. The normalized spacial score (nSPS) is 28.9. The third-order valence-electron chi connectivity index (χ3n) is 6.24. The first-order valence-electron chi connectivity index (χ1n) is 9.41. The lowest BCUT2D eigenvalue weighted by atomic mass is 9.85. The zero-order valence-electron chi connectivity index (χ0n) is 14.8. The molecule has 2 amide bonds. The number of aromatic nitrogens is 1. The topological polar surface area (TPSA) is 51.5 Å². The Morgan fingerprint density at radius 3 is 2.26 bits per heavy atom. The van der Waals surface area contributed by atoms with Crippen LogP contribution in [-0.2, 0) is 20.9 Å². The van der Waals surface area contributed by atoms with Gasteiger partial charge in [-0.15, -0.1) is 0 Å². The van der Waals surface area contributed by atoms with E-state index in [0.717, 1.165) is 22.8 Å². The second-order valence-electron chi connectivity index (χ2n) is 7.48. The Labute approximate surface area is 155 Å². The van der Waals surface area contributed by atoms with Crippen molar-refractivity contribution in [2.24, 2.45) is 11.8 Å².